The molecule has 2 aliphatic carbocycles. The molecule has 6 nitrogen and oxygen atoms in total. The third-order valence-electron chi connectivity index (χ3n) is 8.85. The Balaban J connectivity index is 1.36. The van der Waals surface area contributed by atoms with Crippen LogP contribution in [-0.4, -0.2) is 25.0 Å². The topological polar surface area (TPSA) is 107 Å². The summed E-state index contributed by atoms with van der Waals surface area (Å²) in [5.41, 5.74) is 16.8. The van der Waals surface area contributed by atoms with E-state index in [1.54, 1.807) is 0 Å². The molecule has 2 atom stereocenters. The third-order valence-corrected chi connectivity index (χ3v) is 8.85. The van der Waals surface area contributed by atoms with Crippen LogP contribution in [0, 0.1) is 18.8 Å². The minimum atomic E-state index is -0.127. The van der Waals surface area contributed by atoms with Crippen LogP contribution in [0.5, 0.6) is 0 Å². The second-order valence-corrected chi connectivity index (χ2v) is 12.8. The molecule has 2 aromatic rings. The number of amides is 1. The van der Waals surface area contributed by atoms with Gasteiger partial charge in [-0.15, -0.1) is 0 Å². The maximum absolute atomic E-state index is 12.8. The second kappa shape index (κ2) is 10.9. The zero-order valence-corrected chi connectivity index (χ0v) is 23.5. The molecule has 2 unspecified atom stereocenters. The smallest absolute Gasteiger partial charge is 0.287 e. The monoisotopic (exact) mass is 506 g/mol. The van der Waals surface area contributed by atoms with Crippen molar-refractivity contribution in [2.45, 2.75) is 96.8 Å². The lowest BCUT2D eigenvalue weighted by molar-refractivity contribution is 0.0916. The van der Waals surface area contributed by atoms with E-state index in [4.69, 9.17) is 15.9 Å². The highest BCUT2D eigenvalue weighted by molar-refractivity contribution is 5.91. The number of nitrogens with two attached hydrogens (primary N) is 2. The van der Waals surface area contributed by atoms with Gasteiger partial charge < -0.3 is 21.2 Å². The van der Waals surface area contributed by atoms with Gasteiger partial charge in [0.25, 0.3) is 5.91 Å². The number of hydrogen-bond donors (Lipinski definition) is 3. The first-order chi connectivity index (χ1) is 17.4. The highest BCUT2D eigenvalue weighted by Gasteiger charge is 2.37. The lowest BCUT2D eigenvalue weighted by Gasteiger charge is -2.42. The Morgan fingerprint density at radius 2 is 1.65 bits per heavy atom. The van der Waals surface area contributed by atoms with E-state index in [1.807, 2.05) is 12.1 Å². The number of aryl methyl sites for hydroxylation is 1. The number of hydrogen-bond acceptors (Lipinski definition) is 3. The average Bonchev–Trinajstić information content (AvgIpc) is 3.18. The largest absolute Gasteiger partial charge is 0.456 e. The summed E-state index contributed by atoms with van der Waals surface area (Å²) < 4.78 is 6.03. The van der Waals surface area contributed by atoms with Gasteiger partial charge in [0, 0.05) is 19.5 Å². The van der Waals surface area contributed by atoms with Crippen LogP contribution >= 0.6 is 0 Å². The van der Waals surface area contributed by atoms with Crippen LogP contribution < -0.4 is 16.8 Å². The van der Waals surface area contributed by atoms with Crippen molar-refractivity contribution in [3.8, 4) is 0 Å². The van der Waals surface area contributed by atoms with Crippen molar-refractivity contribution in [1.29, 1.82) is 0 Å². The summed E-state index contributed by atoms with van der Waals surface area (Å²) in [5.74, 6) is 2.27. The number of furan rings is 1. The van der Waals surface area contributed by atoms with E-state index in [2.05, 4.69) is 57.1 Å². The fourth-order valence-corrected chi connectivity index (χ4v) is 6.14. The summed E-state index contributed by atoms with van der Waals surface area (Å²) >= 11 is 0. The number of carbonyl (C=O) groups excluding carboxylic acids is 1. The van der Waals surface area contributed by atoms with Gasteiger partial charge in [0.1, 0.15) is 5.76 Å². The number of guanidine groups is 1. The number of nitrogens with zero attached hydrogens (tertiary/aromatic N) is 1. The molecule has 0 spiro atoms. The summed E-state index contributed by atoms with van der Waals surface area (Å²) in [6.45, 7) is 13.0. The van der Waals surface area contributed by atoms with Crippen LogP contribution in [0.2, 0.25) is 0 Å². The second-order valence-electron chi connectivity index (χ2n) is 12.8. The van der Waals surface area contributed by atoms with Gasteiger partial charge in [0.2, 0.25) is 0 Å². The summed E-state index contributed by atoms with van der Waals surface area (Å²) in [4.78, 5) is 17.0. The Kier molecular flexibility index (Phi) is 8.05. The summed E-state index contributed by atoms with van der Waals surface area (Å²) in [6.07, 6.45) is 8.68. The average molecular weight is 507 g/mol. The van der Waals surface area contributed by atoms with Crippen molar-refractivity contribution < 1.29 is 9.21 Å². The molecule has 0 saturated heterocycles. The molecule has 1 aromatic heterocycles. The molecule has 0 radical (unpaired) electrons. The van der Waals surface area contributed by atoms with E-state index in [0.29, 0.717) is 37.1 Å². The summed E-state index contributed by atoms with van der Waals surface area (Å²) in [7, 11) is 0. The Morgan fingerprint density at radius 1 is 1.00 bits per heavy atom. The SMILES string of the molecule is Cc1cc2c(cc1Cc1ccc(C(=O)NCC3CCCC(CN=C(N)N)CC3)o1)C(C)(C)CCC2(C)C. The molecular weight excluding hydrogens is 460 g/mol. The fourth-order valence-electron chi connectivity index (χ4n) is 6.14. The summed E-state index contributed by atoms with van der Waals surface area (Å²) in [6, 6.07) is 8.53. The van der Waals surface area contributed by atoms with Crippen molar-refractivity contribution in [1.82, 2.24) is 5.32 Å². The number of aliphatic imine (C=N–C) groups is 1. The minimum Gasteiger partial charge on any atom is -0.456 e. The molecule has 37 heavy (non-hydrogen) atoms. The fraction of sp³-hybridized carbons (Fsp3) is 0.613. The standard InChI is InChI=1S/C31H46N4O2/c1-20-15-25-26(31(4,5)14-13-30(25,2)3)17-23(20)16-24-11-12-27(37-24)28(36)34-18-21-7-6-8-22(10-9-21)19-35-29(32)33/h11-12,15,17,21-22H,6-10,13-14,16,18-19H2,1-5H3,(H,34,36)(H4,32,33,35). The molecule has 0 bridgehead atoms. The number of fused-ring (bicyclic) bond motifs is 1. The first-order valence-electron chi connectivity index (χ1n) is 14.0. The number of nitrogens with one attached hydrogen (secondary N) is 1. The molecule has 1 heterocycles. The van der Waals surface area contributed by atoms with Gasteiger partial charge in [-0.3, -0.25) is 9.79 Å². The number of carbonyl (C=O) groups is 1. The van der Waals surface area contributed by atoms with Gasteiger partial charge >= 0.3 is 0 Å². The third kappa shape index (κ3) is 6.58. The predicted molar refractivity (Wildman–Crippen MR) is 151 cm³/mol. The van der Waals surface area contributed by atoms with Crippen molar-refractivity contribution in [3.05, 3.63) is 58.0 Å². The molecule has 2 aliphatic rings. The lowest BCUT2D eigenvalue weighted by Crippen LogP contribution is -2.34. The number of benzene rings is 1. The summed E-state index contributed by atoms with van der Waals surface area (Å²) in [5, 5.41) is 3.11. The van der Waals surface area contributed by atoms with Crippen molar-refractivity contribution in [2.75, 3.05) is 13.1 Å². The van der Waals surface area contributed by atoms with Gasteiger partial charge in [0.05, 0.1) is 0 Å². The Labute approximate surface area is 222 Å². The van der Waals surface area contributed by atoms with E-state index >= 15 is 0 Å². The molecular formula is C31H46N4O2. The molecule has 6 heteroatoms. The van der Waals surface area contributed by atoms with E-state index in [1.165, 1.54) is 35.1 Å². The normalized spacial score (nSPS) is 22.5. The van der Waals surface area contributed by atoms with Crippen LogP contribution in [0.1, 0.15) is 111 Å². The van der Waals surface area contributed by atoms with E-state index < -0.39 is 0 Å². The zero-order chi connectivity index (χ0) is 26.8. The first-order valence-corrected chi connectivity index (χ1v) is 14.0. The molecule has 1 fully saturated rings. The highest BCUT2D eigenvalue weighted by atomic mass is 16.3. The molecule has 1 aromatic carbocycles. The highest BCUT2D eigenvalue weighted by Crippen LogP contribution is 2.46. The van der Waals surface area contributed by atoms with Crippen LogP contribution in [0.25, 0.3) is 0 Å². The predicted octanol–water partition coefficient (Wildman–Crippen LogP) is 5.73. The molecule has 4 rings (SSSR count). The minimum absolute atomic E-state index is 0.127. The Hall–Kier alpha value is -2.76. The maximum Gasteiger partial charge on any atom is 0.287 e. The van der Waals surface area contributed by atoms with E-state index in [0.717, 1.165) is 37.9 Å². The van der Waals surface area contributed by atoms with Gasteiger partial charge in [-0.2, -0.15) is 0 Å². The Bertz CT molecular complexity index is 1140. The van der Waals surface area contributed by atoms with Gasteiger partial charge in [-0.25, -0.2) is 0 Å². The van der Waals surface area contributed by atoms with Crippen molar-refractivity contribution in [2.24, 2.45) is 28.3 Å². The van der Waals surface area contributed by atoms with Crippen molar-refractivity contribution in [3.63, 3.8) is 0 Å². The lowest BCUT2D eigenvalue weighted by atomic mass is 9.62. The van der Waals surface area contributed by atoms with Crippen LogP contribution in [0.4, 0.5) is 0 Å². The van der Waals surface area contributed by atoms with Crippen molar-refractivity contribution >= 4 is 11.9 Å². The molecule has 0 aliphatic heterocycles. The molecule has 1 amide bonds. The quantitative estimate of drug-likeness (QED) is 0.253. The first kappa shape index (κ1) is 27.3. The van der Waals surface area contributed by atoms with Gasteiger partial charge in [0.15, 0.2) is 11.7 Å². The Morgan fingerprint density at radius 3 is 2.35 bits per heavy atom. The van der Waals surface area contributed by atoms with Crippen LogP contribution in [0.15, 0.2) is 33.7 Å². The van der Waals surface area contributed by atoms with Gasteiger partial charge in [-0.05, 0) is 103 Å². The molecule has 202 valence electrons. The van der Waals surface area contributed by atoms with Crippen LogP contribution in [0.3, 0.4) is 0 Å². The molecule has 1 saturated carbocycles. The van der Waals surface area contributed by atoms with E-state index in [9.17, 15) is 4.79 Å². The maximum atomic E-state index is 12.8. The number of rotatable bonds is 7. The molecule has 5 N–H and O–H groups in total. The van der Waals surface area contributed by atoms with Gasteiger partial charge in [-0.1, -0.05) is 46.2 Å². The van der Waals surface area contributed by atoms with E-state index in [-0.39, 0.29) is 22.7 Å². The van der Waals surface area contributed by atoms with Crippen LogP contribution in [-0.2, 0) is 17.3 Å². The zero-order valence-electron chi connectivity index (χ0n) is 23.5.